The molecule has 1 aliphatic rings. The number of hydrogen-bond acceptors (Lipinski definition) is 3. The standard InChI is InChI=1S/C20H21BrN2O3/c1-12-3-6-15(10-18(12)23-20(25)14-4-5-14)22-19(24)11-26-16-7-8-17(21)13(2)9-16/h3,6-10,14H,4-5,11H2,1-2H3,(H,22,24)(H,23,25). The SMILES string of the molecule is Cc1cc(OCC(=O)Nc2ccc(C)c(NC(=O)C3CC3)c2)ccc1Br. The topological polar surface area (TPSA) is 67.4 Å². The lowest BCUT2D eigenvalue weighted by Crippen LogP contribution is -2.20. The van der Waals surface area contributed by atoms with Crippen LogP contribution in [-0.4, -0.2) is 18.4 Å². The van der Waals surface area contributed by atoms with Gasteiger partial charge in [0.1, 0.15) is 5.75 Å². The first-order valence-electron chi connectivity index (χ1n) is 8.52. The molecule has 0 aliphatic heterocycles. The summed E-state index contributed by atoms with van der Waals surface area (Å²) in [6, 6.07) is 11.0. The van der Waals surface area contributed by atoms with Gasteiger partial charge in [-0.1, -0.05) is 22.0 Å². The van der Waals surface area contributed by atoms with Crippen molar-refractivity contribution in [2.24, 2.45) is 5.92 Å². The van der Waals surface area contributed by atoms with Gasteiger partial charge in [-0.2, -0.15) is 0 Å². The number of benzene rings is 2. The van der Waals surface area contributed by atoms with Crippen LogP contribution in [0.1, 0.15) is 24.0 Å². The van der Waals surface area contributed by atoms with Gasteiger partial charge in [0.15, 0.2) is 6.61 Å². The van der Waals surface area contributed by atoms with Crippen LogP contribution in [0.4, 0.5) is 11.4 Å². The highest BCUT2D eigenvalue weighted by atomic mass is 79.9. The van der Waals surface area contributed by atoms with E-state index in [9.17, 15) is 9.59 Å². The van der Waals surface area contributed by atoms with Crippen LogP contribution in [0.3, 0.4) is 0 Å². The van der Waals surface area contributed by atoms with Crippen LogP contribution in [0.5, 0.6) is 5.75 Å². The normalized spacial score (nSPS) is 13.2. The molecule has 1 fully saturated rings. The van der Waals surface area contributed by atoms with Crippen LogP contribution in [0, 0.1) is 19.8 Å². The Labute approximate surface area is 161 Å². The zero-order valence-electron chi connectivity index (χ0n) is 14.8. The van der Waals surface area contributed by atoms with Gasteiger partial charge < -0.3 is 15.4 Å². The molecule has 2 N–H and O–H groups in total. The molecular weight excluding hydrogens is 396 g/mol. The number of anilines is 2. The first kappa shape index (κ1) is 18.5. The van der Waals surface area contributed by atoms with Gasteiger partial charge in [-0.25, -0.2) is 0 Å². The summed E-state index contributed by atoms with van der Waals surface area (Å²) in [7, 11) is 0. The molecule has 136 valence electrons. The number of hydrogen-bond donors (Lipinski definition) is 2. The second-order valence-corrected chi connectivity index (χ2v) is 7.40. The van der Waals surface area contributed by atoms with E-state index in [0.29, 0.717) is 11.4 Å². The van der Waals surface area contributed by atoms with E-state index in [1.165, 1.54) is 0 Å². The summed E-state index contributed by atoms with van der Waals surface area (Å²) in [6.07, 6.45) is 1.91. The third-order valence-corrected chi connectivity index (χ3v) is 5.12. The fourth-order valence-corrected chi connectivity index (χ4v) is 2.71. The van der Waals surface area contributed by atoms with Crippen molar-refractivity contribution in [3.63, 3.8) is 0 Å². The highest BCUT2D eigenvalue weighted by molar-refractivity contribution is 9.10. The van der Waals surface area contributed by atoms with Crippen molar-refractivity contribution in [3.8, 4) is 5.75 Å². The molecule has 2 amide bonds. The largest absolute Gasteiger partial charge is 0.484 e. The third kappa shape index (κ3) is 4.85. The van der Waals surface area contributed by atoms with Crippen LogP contribution in [-0.2, 0) is 9.59 Å². The third-order valence-electron chi connectivity index (χ3n) is 4.23. The molecule has 0 saturated heterocycles. The fraction of sp³-hybridized carbons (Fsp3) is 0.300. The molecule has 2 aromatic rings. The lowest BCUT2D eigenvalue weighted by Gasteiger charge is -2.12. The maximum absolute atomic E-state index is 12.1. The highest BCUT2D eigenvalue weighted by Gasteiger charge is 2.29. The molecule has 5 nitrogen and oxygen atoms in total. The monoisotopic (exact) mass is 416 g/mol. The number of halogens is 1. The number of rotatable bonds is 6. The van der Waals surface area contributed by atoms with Crippen molar-refractivity contribution >= 4 is 39.1 Å². The predicted octanol–water partition coefficient (Wildman–Crippen LogP) is 4.43. The highest BCUT2D eigenvalue weighted by Crippen LogP contribution is 2.31. The molecule has 0 spiro atoms. The van der Waals surface area contributed by atoms with Gasteiger partial charge in [0.05, 0.1) is 0 Å². The van der Waals surface area contributed by atoms with Gasteiger partial charge >= 0.3 is 0 Å². The number of aryl methyl sites for hydroxylation is 2. The van der Waals surface area contributed by atoms with Gasteiger partial charge in [-0.05, 0) is 68.1 Å². The Morgan fingerprint density at radius 2 is 1.85 bits per heavy atom. The maximum atomic E-state index is 12.1. The van der Waals surface area contributed by atoms with Gasteiger partial charge in [-0.15, -0.1) is 0 Å². The smallest absolute Gasteiger partial charge is 0.262 e. The van der Waals surface area contributed by atoms with Crippen molar-refractivity contribution in [2.75, 3.05) is 17.2 Å². The average molecular weight is 417 g/mol. The van der Waals surface area contributed by atoms with Crippen LogP contribution in [0.25, 0.3) is 0 Å². The quantitative estimate of drug-likeness (QED) is 0.731. The Bertz CT molecular complexity index is 847. The summed E-state index contributed by atoms with van der Waals surface area (Å²) in [5, 5.41) is 5.73. The molecule has 26 heavy (non-hydrogen) atoms. The lowest BCUT2D eigenvalue weighted by molar-refractivity contribution is -0.118. The number of carbonyl (C=O) groups is 2. The minimum absolute atomic E-state index is 0.0468. The molecule has 3 rings (SSSR count). The van der Waals surface area contributed by atoms with Crippen molar-refractivity contribution in [2.45, 2.75) is 26.7 Å². The molecule has 0 aromatic heterocycles. The first-order valence-corrected chi connectivity index (χ1v) is 9.32. The second-order valence-electron chi connectivity index (χ2n) is 6.54. The Balaban J connectivity index is 1.58. The van der Waals surface area contributed by atoms with Crippen molar-refractivity contribution in [3.05, 3.63) is 52.0 Å². The molecule has 0 heterocycles. The molecule has 0 atom stereocenters. The Hall–Kier alpha value is -2.34. The number of nitrogens with one attached hydrogen (secondary N) is 2. The van der Waals surface area contributed by atoms with E-state index in [-0.39, 0.29) is 24.3 Å². The van der Waals surface area contributed by atoms with Gasteiger partial charge in [-0.3, -0.25) is 9.59 Å². The molecular formula is C20H21BrN2O3. The second kappa shape index (κ2) is 7.91. The van der Waals surface area contributed by atoms with E-state index in [1.807, 2.05) is 44.2 Å². The molecule has 2 aromatic carbocycles. The van der Waals surface area contributed by atoms with E-state index < -0.39 is 0 Å². The van der Waals surface area contributed by atoms with E-state index in [0.717, 1.165) is 34.1 Å². The van der Waals surface area contributed by atoms with E-state index in [1.54, 1.807) is 6.07 Å². The van der Waals surface area contributed by atoms with Crippen LogP contribution in [0.15, 0.2) is 40.9 Å². The minimum Gasteiger partial charge on any atom is -0.484 e. The number of ether oxygens (including phenoxy) is 1. The summed E-state index contributed by atoms with van der Waals surface area (Å²) in [6.45, 7) is 3.80. The fourth-order valence-electron chi connectivity index (χ4n) is 2.47. The van der Waals surface area contributed by atoms with E-state index in [2.05, 4.69) is 26.6 Å². The van der Waals surface area contributed by atoms with E-state index >= 15 is 0 Å². The summed E-state index contributed by atoms with van der Waals surface area (Å²) < 4.78 is 6.53. The summed E-state index contributed by atoms with van der Waals surface area (Å²) in [5.74, 6) is 0.567. The minimum atomic E-state index is -0.256. The van der Waals surface area contributed by atoms with Crippen molar-refractivity contribution in [1.29, 1.82) is 0 Å². The van der Waals surface area contributed by atoms with Crippen LogP contribution < -0.4 is 15.4 Å². The zero-order valence-corrected chi connectivity index (χ0v) is 16.4. The zero-order chi connectivity index (χ0) is 18.7. The van der Waals surface area contributed by atoms with Crippen molar-refractivity contribution < 1.29 is 14.3 Å². The lowest BCUT2D eigenvalue weighted by atomic mass is 10.1. The van der Waals surface area contributed by atoms with Crippen LogP contribution >= 0.6 is 15.9 Å². The summed E-state index contributed by atoms with van der Waals surface area (Å²) in [4.78, 5) is 24.1. The number of carbonyl (C=O) groups excluding carboxylic acids is 2. The van der Waals surface area contributed by atoms with Crippen LogP contribution in [0.2, 0.25) is 0 Å². The van der Waals surface area contributed by atoms with E-state index in [4.69, 9.17) is 4.74 Å². The van der Waals surface area contributed by atoms with Gasteiger partial charge in [0, 0.05) is 21.8 Å². The molecule has 6 heteroatoms. The molecule has 1 saturated carbocycles. The first-order chi connectivity index (χ1) is 12.4. The Kier molecular flexibility index (Phi) is 5.61. The molecule has 1 aliphatic carbocycles. The predicted molar refractivity (Wildman–Crippen MR) is 106 cm³/mol. The van der Waals surface area contributed by atoms with Crippen molar-refractivity contribution in [1.82, 2.24) is 0 Å². The number of amides is 2. The molecule has 0 bridgehead atoms. The van der Waals surface area contributed by atoms with Gasteiger partial charge in [0.25, 0.3) is 5.91 Å². The molecule has 0 radical (unpaired) electrons. The summed E-state index contributed by atoms with van der Waals surface area (Å²) >= 11 is 3.43. The Morgan fingerprint density at radius 3 is 2.54 bits per heavy atom. The van der Waals surface area contributed by atoms with Gasteiger partial charge in [0.2, 0.25) is 5.91 Å². The summed E-state index contributed by atoms with van der Waals surface area (Å²) in [5.41, 5.74) is 3.35. The average Bonchev–Trinajstić information content (AvgIpc) is 3.44. The Morgan fingerprint density at radius 1 is 1.08 bits per heavy atom. The maximum Gasteiger partial charge on any atom is 0.262 e. The molecule has 0 unspecified atom stereocenters.